The number of carbonyl (C=O) groups excluding carboxylic acids is 1. The maximum Gasteiger partial charge on any atom is 0.227 e. The van der Waals surface area contributed by atoms with Gasteiger partial charge in [0.25, 0.3) is 0 Å². The smallest absolute Gasteiger partial charge is 0.227 e. The maximum absolute atomic E-state index is 13.9. The van der Waals surface area contributed by atoms with Gasteiger partial charge in [0.1, 0.15) is 5.82 Å². The van der Waals surface area contributed by atoms with Crippen molar-refractivity contribution in [3.8, 4) is 0 Å². The van der Waals surface area contributed by atoms with Gasteiger partial charge in [0.15, 0.2) is 0 Å². The summed E-state index contributed by atoms with van der Waals surface area (Å²) in [4.78, 5) is 18.4. The highest BCUT2D eigenvalue weighted by Crippen LogP contribution is 2.32. The monoisotopic (exact) mass is 318 g/mol. The second kappa shape index (κ2) is 6.44. The first kappa shape index (κ1) is 15.0. The van der Waals surface area contributed by atoms with Crippen LogP contribution in [0.5, 0.6) is 0 Å². The molecule has 114 valence electrons. The molecular formula is C17H16ClFN2O. The fraction of sp³-hybridized carbons (Fsp3) is 0.294. The van der Waals surface area contributed by atoms with Crippen molar-refractivity contribution < 1.29 is 9.18 Å². The number of benzene rings is 1. The Bertz CT molecular complexity index is 657. The largest absolute Gasteiger partial charge is 0.335 e. The minimum absolute atomic E-state index is 0.00685. The molecule has 0 saturated carbocycles. The van der Waals surface area contributed by atoms with Crippen molar-refractivity contribution in [2.45, 2.75) is 25.3 Å². The highest BCUT2D eigenvalue weighted by Gasteiger charge is 2.30. The third-order valence-electron chi connectivity index (χ3n) is 4.05. The summed E-state index contributed by atoms with van der Waals surface area (Å²) in [5.41, 5.74) is 1.34. The molecule has 1 amide bonds. The van der Waals surface area contributed by atoms with Gasteiger partial charge in [0, 0.05) is 29.5 Å². The summed E-state index contributed by atoms with van der Waals surface area (Å²) in [6, 6.07) is 8.37. The average molecular weight is 319 g/mol. The van der Waals surface area contributed by atoms with Gasteiger partial charge in [0.05, 0.1) is 12.5 Å². The SMILES string of the molecule is O=C(Cc1c(F)cccc1Cl)N1CCCC1c1ccncc1. The molecule has 0 aliphatic carbocycles. The first-order chi connectivity index (χ1) is 10.7. The van der Waals surface area contributed by atoms with Crippen molar-refractivity contribution in [2.75, 3.05) is 6.54 Å². The maximum atomic E-state index is 13.9. The molecule has 3 rings (SSSR count). The first-order valence-corrected chi connectivity index (χ1v) is 7.67. The molecule has 0 bridgehead atoms. The second-order valence-electron chi connectivity index (χ2n) is 5.40. The van der Waals surface area contributed by atoms with Crippen LogP contribution in [0.3, 0.4) is 0 Å². The van der Waals surface area contributed by atoms with Gasteiger partial charge in [-0.05, 0) is 42.7 Å². The van der Waals surface area contributed by atoms with E-state index >= 15 is 0 Å². The van der Waals surface area contributed by atoms with E-state index in [-0.39, 0.29) is 23.9 Å². The van der Waals surface area contributed by atoms with Gasteiger partial charge in [0.2, 0.25) is 5.91 Å². The molecule has 2 heterocycles. The Morgan fingerprint density at radius 3 is 2.82 bits per heavy atom. The summed E-state index contributed by atoms with van der Waals surface area (Å²) in [5, 5.41) is 0.299. The molecule has 0 N–H and O–H groups in total. The molecule has 1 aliphatic rings. The van der Waals surface area contributed by atoms with Gasteiger partial charge in [-0.15, -0.1) is 0 Å². The molecule has 1 aromatic carbocycles. The Morgan fingerprint density at radius 1 is 1.32 bits per heavy atom. The van der Waals surface area contributed by atoms with Gasteiger partial charge in [-0.1, -0.05) is 17.7 Å². The summed E-state index contributed by atoms with van der Waals surface area (Å²) in [5.74, 6) is -0.521. The average Bonchev–Trinajstić information content (AvgIpc) is 3.01. The normalized spacial score (nSPS) is 17.7. The Hall–Kier alpha value is -1.94. The molecule has 1 fully saturated rings. The van der Waals surface area contributed by atoms with E-state index in [1.807, 2.05) is 17.0 Å². The highest BCUT2D eigenvalue weighted by molar-refractivity contribution is 6.31. The molecule has 0 radical (unpaired) electrons. The first-order valence-electron chi connectivity index (χ1n) is 7.29. The predicted octanol–water partition coefficient (Wildman–Crippen LogP) is 3.78. The van der Waals surface area contributed by atoms with Crippen LogP contribution < -0.4 is 0 Å². The van der Waals surface area contributed by atoms with Gasteiger partial charge in [-0.25, -0.2) is 4.39 Å². The van der Waals surface area contributed by atoms with E-state index < -0.39 is 5.82 Å². The zero-order valence-electron chi connectivity index (χ0n) is 12.0. The van der Waals surface area contributed by atoms with E-state index in [2.05, 4.69) is 4.98 Å². The number of hydrogen-bond acceptors (Lipinski definition) is 2. The van der Waals surface area contributed by atoms with Gasteiger partial charge < -0.3 is 4.90 Å². The number of likely N-dealkylation sites (tertiary alicyclic amines) is 1. The third-order valence-corrected chi connectivity index (χ3v) is 4.41. The molecule has 1 aromatic heterocycles. The fourth-order valence-electron chi connectivity index (χ4n) is 2.95. The number of nitrogens with zero attached hydrogens (tertiary/aromatic N) is 2. The van der Waals surface area contributed by atoms with E-state index in [9.17, 15) is 9.18 Å². The van der Waals surface area contributed by atoms with Crippen molar-refractivity contribution >= 4 is 17.5 Å². The number of carbonyl (C=O) groups is 1. The van der Waals surface area contributed by atoms with E-state index in [0.717, 1.165) is 18.4 Å². The topological polar surface area (TPSA) is 33.2 Å². The predicted molar refractivity (Wildman–Crippen MR) is 83.0 cm³/mol. The van der Waals surface area contributed by atoms with Gasteiger partial charge >= 0.3 is 0 Å². The van der Waals surface area contributed by atoms with Crippen LogP contribution in [0.2, 0.25) is 5.02 Å². The number of rotatable bonds is 3. The second-order valence-corrected chi connectivity index (χ2v) is 5.81. The molecule has 22 heavy (non-hydrogen) atoms. The molecular weight excluding hydrogens is 303 g/mol. The van der Waals surface area contributed by atoms with E-state index in [1.54, 1.807) is 24.5 Å². The fourth-order valence-corrected chi connectivity index (χ4v) is 3.18. The molecule has 1 unspecified atom stereocenters. The van der Waals surface area contributed by atoms with Crippen LogP contribution in [-0.2, 0) is 11.2 Å². The quantitative estimate of drug-likeness (QED) is 0.863. The lowest BCUT2D eigenvalue weighted by Crippen LogP contribution is -2.32. The number of amides is 1. The molecule has 1 atom stereocenters. The Morgan fingerprint density at radius 2 is 2.09 bits per heavy atom. The minimum atomic E-state index is -0.430. The van der Waals surface area contributed by atoms with Crippen LogP contribution >= 0.6 is 11.6 Å². The number of aromatic nitrogens is 1. The molecule has 3 nitrogen and oxygen atoms in total. The standard InChI is InChI=1S/C17H16ClFN2O/c18-14-3-1-4-15(19)13(14)11-17(22)21-10-2-5-16(21)12-6-8-20-9-7-12/h1,3-4,6-9,16H,2,5,10-11H2. The Balaban J connectivity index is 1.80. The number of halogens is 2. The Kier molecular flexibility index (Phi) is 4.39. The molecule has 1 aliphatic heterocycles. The Labute approximate surface area is 133 Å². The van der Waals surface area contributed by atoms with Crippen molar-refractivity contribution in [1.82, 2.24) is 9.88 Å². The van der Waals surface area contributed by atoms with Crippen molar-refractivity contribution in [3.63, 3.8) is 0 Å². The van der Waals surface area contributed by atoms with Crippen molar-refractivity contribution in [3.05, 3.63) is 64.7 Å². The van der Waals surface area contributed by atoms with Gasteiger partial charge in [-0.2, -0.15) is 0 Å². The summed E-state index contributed by atoms with van der Waals surface area (Å²) in [7, 11) is 0. The lowest BCUT2D eigenvalue weighted by atomic mass is 10.1. The molecule has 2 aromatic rings. The van der Waals surface area contributed by atoms with E-state index in [4.69, 9.17) is 11.6 Å². The van der Waals surface area contributed by atoms with Crippen LogP contribution in [0, 0.1) is 5.82 Å². The summed E-state index contributed by atoms with van der Waals surface area (Å²) < 4.78 is 13.9. The van der Waals surface area contributed by atoms with Crippen LogP contribution in [0.1, 0.15) is 30.0 Å². The zero-order valence-corrected chi connectivity index (χ0v) is 12.8. The summed E-state index contributed by atoms with van der Waals surface area (Å²) in [6.07, 6.45) is 5.31. The lowest BCUT2D eigenvalue weighted by molar-refractivity contribution is -0.131. The third kappa shape index (κ3) is 2.97. The van der Waals surface area contributed by atoms with Crippen LogP contribution in [0.15, 0.2) is 42.7 Å². The summed E-state index contributed by atoms with van der Waals surface area (Å²) in [6.45, 7) is 0.692. The molecule has 0 spiro atoms. The molecule has 1 saturated heterocycles. The van der Waals surface area contributed by atoms with Crippen molar-refractivity contribution in [2.24, 2.45) is 0 Å². The highest BCUT2D eigenvalue weighted by atomic mass is 35.5. The number of hydrogen-bond donors (Lipinski definition) is 0. The van der Waals surface area contributed by atoms with Gasteiger partial charge in [-0.3, -0.25) is 9.78 Å². The lowest BCUT2D eigenvalue weighted by Gasteiger charge is -2.25. The van der Waals surface area contributed by atoms with Crippen molar-refractivity contribution in [1.29, 1.82) is 0 Å². The van der Waals surface area contributed by atoms with E-state index in [1.165, 1.54) is 6.07 Å². The van der Waals surface area contributed by atoms with Crippen LogP contribution in [0.25, 0.3) is 0 Å². The summed E-state index contributed by atoms with van der Waals surface area (Å²) >= 11 is 6.01. The number of pyridine rings is 1. The molecule has 5 heteroatoms. The zero-order chi connectivity index (χ0) is 15.5. The van der Waals surface area contributed by atoms with Crippen LogP contribution in [-0.4, -0.2) is 22.3 Å². The minimum Gasteiger partial charge on any atom is -0.335 e. The van der Waals surface area contributed by atoms with E-state index in [0.29, 0.717) is 11.6 Å². The van der Waals surface area contributed by atoms with Crippen LogP contribution in [0.4, 0.5) is 4.39 Å².